The maximum Gasteiger partial charge on any atom is 0.252 e. The molecule has 0 aliphatic carbocycles. The van der Waals surface area contributed by atoms with Crippen molar-refractivity contribution in [2.75, 3.05) is 19.6 Å². The van der Waals surface area contributed by atoms with Crippen molar-refractivity contribution >= 4 is 23.2 Å². The molecule has 0 saturated carbocycles. The first-order chi connectivity index (χ1) is 9.17. The average molecular weight is 279 g/mol. The van der Waals surface area contributed by atoms with Gasteiger partial charge < -0.3 is 16.4 Å². The molecule has 5 nitrogen and oxygen atoms in total. The number of hydrogen-bond acceptors (Lipinski definition) is 4. The molecule has 6 heteroatoms. The van der Waals surface area contributed by atoms with Crippen LogP contribution in [0.4, 0.5) is 0 Å². The van der Waals surface area contributed by atoms with Gasteiger partial charge in [0.15, 0.2) is 0 Å². The van der Waals surface area contributed by atoms with Crippen LogP contribution in [0.3, 0.4) is 0 Å². The Labute approximate surface area is 116 Å². The fraction of sp³-hybridized carbons (Fsp3) is 0.385. The molecule has 2 amide bonds. The zero-order chi connectivity index (χ0) is 14.1. The van der Waals surface area contributed by atoms with Crippen LogP contribution < -0.4 is 16.4 Å². The lowest BCUT2D eigenvalue weighted by molar-refractivity contribution is -0.120. The van der Waals surface area contributed by atoms with Crippen molar-refractivity contribution in [2.45, 2.75) is 13.3 Å². The van der Waals surface area contributed by atoms with Gasteiger partial charge in [0.2, 0.25) is 5.91 Å². The van der Waals surface area contributed by atoms with E-state index in [0.29, 0.717) is 25.2 Å². The summed E-state index contributed by atoms with van der Waals surface area (Å²) in [6.07, 6.45) is 0.281. The molecule has 1 rings (SSSR count). The van der Waals surface area contributed by atoms with Crippen molar-refractivity contribution in [3.63, 3.8) is 0 Å². The molecule has 1 heterocycles. The standard InChI is InChI=1S/C13H17N3O2S/c1-2-15-12(17)5-7-16-13(18)10-8-11(19-9-10)4-3-6-14/h8-9H,2,5-7,14H2,1H3,(H,15,17)(H,16,18). The summed E-state index contributed by atoms with van der Waals surface area (Å²) < 4.78 is 0. The van der Waals surface area contributed by atoms with Crippen molar-refractivity contribution in [3.8, 4) is 11.8 Å². The van der Waals surface area contributed by atoms with Gasteiger partial charge in [0.25, 0.3) is 5.91 Å². The van der Waals surface area contributed by atoms with Crippen LogP contribution in [0.1, 0.15) is 28.6 Å². The summed E-state index contributed by atoms with van der Waals surface area (Å²) in [5.41, 5.74) is 5.83. The second-order valence-corrected chi connectivity index (χ2v) is 4.58. The van der Waals surface area contributed by atoms with Gasteiger partial charge in [0.05, 0.1) is 17.0 Å². The molecule has 0 atom stereocenters. The van der Waals surface area contributed by atoms with Gasteiger partial charge in [-0.15, -0.1) is 11.3 Å². The SMILES string of the molecule is CCNC(=O)CCNC(=O)c1csc(C#CCN)c1. The smallest absolute Gasteiger partial charge is 0.252 e. The van der Waals surface area contributed by atoms with Gasteiger partial charge >= 0.3 is 0 Å². The van der Waals surface area contributed by atoms with Gasteiger partial charge in [0.1, 0.15) is 0 Å². The van der Waals surface area contributed by atoms with E-state index in [2.05, 4.69) is 22.5 Å². The van der Waals surface area contributed by atoms with Crippen molar-refractivity contribution in [3.05, 3.63) is 21.9 Å². The highest BCUT2D eigenvalue weighted by Crippen LogP contribution is 2.13. The van der Waals surface area contributed by atoms with E-state index in [9.17, 15) is 9.59 Å². The van der Waals surface area contributed by atoms with Crippen LogP contribution in [0, 0.1) is 11.8 Å². The lowest BCUT2D eigenvalue weighted by atomic mass is 10.3. The normalized spacial score (nSPS) is 9.37. The second kappa shape index (κ2) is 8.29. The third-order valence-corrected chi connectivity index (χ3v) is 3.03. The van der Waals surface area contributed by atoms with E-state index in [-0.39, 0.29) is 18.2 Å². The van der Waals surface area contributed by atoms with Gasteiger partial charge in [-0.25, -0.2) is 0 Å². The van der Waals surface area contributed by atoms with Crippen LogP contribution in [0.25, 0.3) is 0 Å². The molecule has 4 N–H and O–H groups in total. The van der Waals surface area contributed by atoms with Crippen molar-refractivity contribution in [2.24, 2.45) is 5.73 Å². The number of thiophene rings is 1. The molecular formula is C13H17N3O2S. The number of carbonyl (C=O) groups is 2. The lowest BCUT2D eigenvalue weighted by Crippen LogP contribution is -2.30. The van der Waals surface area contributed by atoms with E-state index in [1.54, 1.807) is 11.4 Å². The summed E-state index contributed by atoms with van der Waals surface area (Å²) in [7, 11) is 0. The van der Waals surface area contributed by atoms with E-state index in [1.165, 1.54) is 11.3 Å². The highest BCUT2D eigenvalue weighted by Gasteiger charge is 2.08. The molecule has 19 heavy (non-hydrogen) atoms. The van der Waals surface area contributed by atoms with Gasteiger partial charge in [0, 0.05) is 24.9 Å². The predicted molar refractivity (Wildman–Crippen MR) is 75.9 cm³/mol. The monoisotopic (exact) mass is 279 g/mol. The summed E-state index contributed by atoms with van der Waals surface area (Å²) in [5, 5.41) is 7.10. The van der Waals surface area contributed by atoms with Crippen LogP contribution in [0.5, 0.6) is 0 Å². The fourth-order valence-corrected chi connectivity index (χ4v) is 2.09. The molecule has 0 radical (unpaired) electrons. The Bertz CT molecular complexity index is 499. The summed E-state index contributed by atoms with van der Waals surface area (Å²) in [6, 6.07) is 1.72. The number of nitrogens with one attached hydrogen (secondary N) is 2. The largest absolute Gasteiger partial charge is 0.356 e. The van der Waals surface area contributed by atoms with Crippen LogP contribution in [-0.4, -0.2) is 31.4 Å². The summed E-state index contributed by atoms with van der Waals surface area (Å²) >= 11 is 1.40. The van der Waals surface area contributed by atoms with E-state index < -0.39 is 0 Å². The fourth-order valence-electron chi connectivity index (χ4n) is 1.34. The summed E-state index contributed by atoms with van der Waals surface area (Å²) in [4.78, 5) is 23.8. The van der Waals surface area contributed by atoms with Crippen LogP contribution in [0.2, 0.25) is 0 Å². The molecule has 0 fully saturated rings. The van der Waals surface area contributed by atoms with E-state index in [1.807, 2.05) is 6.92 Å². The number of carbonyl (C=O) groups excluding carboxylic acids is 2. The third kappa shape index (κ3) is 5.55. The molecule has 0 aromatic carbocycles. The van der Waals surface area contributed by atoms with Crippen molar-refractivity contribution in [1.29, 1.82) is 0 Å². The van der Waals surface area contributed by atoms with Crippen LogP contribution in [0.15, 0.2) is 11.4 Å². The number of amides is 2. The molecule has 0 aliphatic heterocycles. The minimum Gasteiger partial charge on any atom is -0.356 e. The van der Waals surface area contributed by atoms with E-state index in [4.69, 9.17) is 5.73 Å². The number of hydrogen-bond donors (Lipinski definition) is 3. The predicted octanol–water partition coefficient (Wildman–Crippen LogP) is 0.314. The Kier molecular flexibility index (Phi) is 6.64. The van der Waals surface area contributed by atoms with E-state index >= 15 is 0 Å². The maximum absolute atomic E-state index is 11.8. The lowest BCUT2D eigenvalue weighted by Gasteiger charge is -2.03. The quantitative estimate of drug-likeness (QED) is 0.678. The molecule has 0 spiro atoms. The Morgan fingerprint density at radius 1 is 1.42 bits per heavy atom. The molecule has 0 saturated heterocycles. The Hall–Kier alpha value is -1.84. The van der Waals surface area contributed by atoms with Crippen molar-refractivity contribution in [1.82, 2.24) is 10.6 Å². The van der Waals surface area contributed by atoms with Crippen molar-refractivity contribution < 1.29 is 9.59 Å². The second-order valence-electron chi connectivity index (χ2n) is 3.66. The minimum absolute atomic E-state index is 0.0670. The van der Waals surface area contributed by atoms with Crippen LogP contribution in [-0.2, 0) is 4.79 Å². The number of rotatable bonds is 5. The number of nitrogens with two attached hydrogens (primary N) is 1. The summed E-state index contributed by atoms with van der Waals surface area (Å²) in [6.45, 7) is 3.07. The van der Waals surface area contributed by atoms with E-state index in [0.717, 1.165) is 4.88 Å². The zero-order valence-electron chi connectivity index (χ0n) is 10.8. The highest BCUT2D eigenvalue weighted by molar-refractivity contribution is 7.10. The molecule has 0 unspecified atom stereocenters. The first kappa shape index (κ1) is 15.2. The molecule has 1 aromatic heterocycles. The van der Waals surface area contributed by atoms with Gasteiger partial charge in [-0.05, 0) is 13.0 Å². The first-order valence-corrected chi connectivity index (χ1v) is 6.87. The maximum atomic E-state index is 11.8. The Morgan fingerprint density at radius 3 is 2.89 bits per heavy atom. The minimum atomic E-state index is -0.193. The molecule has 0 bridgehead atoms. The van der Waals surface area contributed by atoms with Gasteiger partial charge in [-0.2, -0.15) is 0 Å². The third-order valence-electron chi connectivity index (χ3n) is 2.19. The molecular weight excluding hydrogens is 262 g/mol. The topological polar surface area (TPSA) is 84.2 Å². The Balaban J connectivity index is 2.41. The van der Waals surface area contributed by atoms with Gasteiger partial charge in [-0.3, -0.25) is 9.59 Å². The molecule has 0 aliphatic rings. The zero-order valence-corrected chi connectivity index (χ0v) is 11.6. The highest BCUT2D eigenvalue weighted by atomic mass is 32.1. The Morgan fingerprint density at radius 2 is 2.21 bits per heavy atom. The first-order valence-electron chi connectivity index (χ1n) is 5.99. The summed E-state index contributed by atoms with van der Waals surface area (Å²) in [5.74, 6) is 5.34. The van der Waals surface area contributed by atoms with Crippen LogP contribution >= 0.6 is 11.3 Å². The van der Waals surface area contributed by atoms with Gasteiger partial charge in [-0.1, -0.05) is 11.8 Å². The average Bonchev–Trinajstić information content (AvgIpc) is 2.85. The molecule has 1 aromatic rings. The molecule has 102 valence electrons.